The van der Waals surface area contributed by atoms with Crippen molar-refractivity contribution in [1.82, 2.24) is 15.4 Å². The van der Waals surface area contributed by atoms with Gasteiger partial charge in [-0.25, -0.2) is 4.79 Å². The Morgan fingerprint density at radius 3 is 2.44 bits per heavy atom. The average molecular weight is 318 g/mol. The van der Waals surface area contributed by atoms with Crippen LogP contribution < -0.4 is 0 Å². The number of aromatic amines is 1. The molecular formula is C10H6BrF2N3O2. The van der Waals surface area contributed by atoms with E-state index in [0.717, 1.165) is 0 Å². The van der Waals surface area contributed by atoms with E-state index in [1.807, 2.05) is 5.21 Å². The zero-order valence-electron chi connectivity index (χ0n) is 8.69. The van der Waals surface area contributed by atoms with Crippen LogP contribution in [0.4, 0.5) is 8.78 Å². The summed E-state index contributed by atoms with van der Waals surface area (Å²) in [6.45, 7) is 0. The molecule has 1 heterocycles. The maximum Gasteiger partial charge on any atom is 0.358 e. The normalized spacial score (nSPS) is 11.5. The highest BCUT2D eigenvalue weighted by Crippen LogP contribution is 2.36. The van der Waals surface area contributed by atoms with Gasteiger partial charge >= 0.3 is 11.9 Å². The van der Waals surface area contributed by atoms with E-state index in [-0.39, 0.29) is 5.56 Å². The summed E-state index contributed by atoms with van der Waals surface area (Å²) in [6.07, 6.45) is 0. The smallest absolute Gasteiger partial charge is 0.358 e. The number of hydrogen-bond donors (Lipinski definition) is 2. The van der Waals surface area contributed by atoms with E-state index in [0.29, 0.717) is 4.47 Å². The summed E-state index contributed by atoms with van der Waals surface area (Å²) >= 11 is 3.13. The number of hydrogen-bond acceptors (Lipinski definition) is 3. The maximum atomic E-state index is 14.1. The number of nitrogens with zero attached hydrogens (tertiary/aromatic N) is 2. The Kier molecular flexibility index (Phi) is 3.12. The van der Waals surface area contributed by atoms with Crippen molar-refractivity contribution in [3.8, 4) is 0 Å². The van der Waals surface area contributed by atoms with Crippen LogP contribution in [-0.4, -0.2) is 26.5 Å². The number of nitrogens with one attached hydrogen (secondary N) is 1. The number of aromatic carboxylic acids is 1. The zero-order chi connectivity index (χ0) is 13.3. The van der Waals surface area contributed by atoms with Gasteiger partial charge in [-0.3, -0.25) is 0 Å². The molecule has 1 aromatic carbocycles. The largest absolute Gasteiger partial charge is 0.476 e. The summed E-state index contributed by atoms with van der Waals surface area (Å²) < 4.78 is 28.8. The van der Waals surface area contributed by atoms with E-state index in [9.17, 15) is 13.6 Å². The zero-order valence-corrected chi connectivity index (χ0v) is 10.3. The molecule has 0 atom stereocenters. The first-order chi connectivity index (χ1) is 8.43. The second-order valence-corrected chi connectivity index (χ2v) is 4.32. The fourth-order valence-corrected chi connectivity index (χ4v) is 1.66. The highest BCUT2D eigenvalue weighted by atomic mass is 79.9. The minimum atomic E-state index is -3.53. The Bertz CT molecular complexity index is 583. The Morgan fingerprint density at radius 2 is 1.89 bits per heavy atom. The second-order valence-electron chi connectivity index (χ2n) is 3.41. The molecule has 2 N–H and O–H groups in total. The van der Waals surface area contributed by atoms with Crippen molar-refractivity contribution < 1.29 is 18.7 Å². The van der Waals surface area contributed by atoms with Crippen molar-refractivity contribution in [2.45, 2.75) is 5.92 Å². The van der Waals surface area contributed by atoms with Gasteiger partial charge in [-0.2, -0.15) is 19.1 Å². The van der Waals surface area contributed by atoms with Crippen LogP contribution in [0.2, 0.25) is 0 Å². The van der Waals surface area contributed by atoms with Gasteiger partial charge in [0.1, 0.15) is 0 Å². The molecule has 5 nitrogen and oxygen atoms in total. The minimum absolute atomic E-state index is 0.359. The third-order valence-electron chi connectivity index (χ3n) is 2.25. The molecular weight excluding hydrogens is 312 g/mol. The number of alkyl halides is 2. The van der Waals surface area contributed by atoms with Crippen molar-refractivity contribution in [1.29, 1.82) is 0 Å². The van der Waals surface area contributed by atoms with Crippen molar-refractivity contribution in [3.05, 3.63) is 45.7 Å². The third-order valence-corrected chi connectivity index (χ3v) is 2.78. The van der Waals surface area contributed by atoms with Gasteiger partial charge in [0, 0.05) is 10.0 Å². The van der Waals surface area contributed by atoms with E-state index in [2.05, 4.69) is 26.1 Å². The number of carboxylic acid groups (broad SMARTS) is 1. The van der Waals surface area contributed by atoms with Crippen LogP contribution in [-0.2, 0) is 5.92 Å². The van der Waals surface area contributed by atoms with Gasteiger partial charge in [-0.05, 0) is 12.1 Å². The Morgan fingerprint density at radius 1 is 1.28 bits per heavy atom. The van der Waals surface area contributed by atoms with Crippen LogP contribution >= 0.6 is 15.9 Å². The van der Waals surface area contributed by atoms with Gasteiger partial charge in [-0.1, -0.05) is 28.1 Å². The highest BCUT2D eigenvalue weighted by Gasteiger charge is 2.41. The summed E-state index contributed by atoms with van der Waals surface area (Å²) in [5.41, 5.74) is -2.05. The lowest BCUT2D eigenvalue weighted by Crippen LogP contribution is -2.19. The summed E-state index contributed by atoms with van der Waals surface area (Å²) in [5.74, 6) is -5.09. The van der Waals surface area contributed by atoms with Gasteiger partial charge in [0.25, 0.3) is 0 Å². The quantitative estimate of drug-likeness (QED) is 0.911. The number of carbonyl (C=O) groups is 1. The standard InChI is InChI=1S/C10H6BrF2N3O2/c11-6-3-1-5(2-4-6)10(12,13)8-7(9(17)18)14-16-15-8/h1-4H,(H,17,18)(H,14,15,16). The first-order valence-corrected chi connectivity index (χ1v) is 5.50. The van der Waals surface area contributed by atoms with Crippen LogP contribution in [0.5, 0.6) is 0 Å². The van der Waals surface area contributed by atoms with E-state index < -0.39 is 23.3 Å². The van der Waals surface area contributed by atoms with Crippen LogP contribution in [0, 0.1) is 0 Å². The lowest BCUT2D eigenvalue weighted by atomic mass is 10.0. The Hall–Kier alpha value is -1.83. The topological polar surface area (TPSA) is 78.9 Å². The number of halogens is 3. The first kappa shape index (κ1) is 12.6. The van der Waals surface area contributed by atoms with Crippen LogP contribution in [0.25, 0.3) is 0 Å². The SMILES string of the molecule is O=C(O)c1n[nH]nc1C(F)(F)c1ccc(Br)cc1. The van der Waals surface area contributed by atoms with E-state index in [4.69, 9.17) is 5.11 Å². The van der Waals surface area contributed by atoms with Crippen molar-refractivity contribution in [2.75, 3.05) is 0 Å². The summed E-state index contributed by atoms with van der Waals surface area (Å²) in [7, 11) is 0. The Labute approximate surface area is 108 Å². The van der Waals surface area contributed by atoms with Gasteiger partial charge in [-0.15, -0.1) is 5.10 Å². The fourth-order valence-electron chi connectivity index (χ4n) is 1.39. The molecule has 0 spiro atoms. The lowest BCUT2D eigenvalue weighted by molar-refractivity contribution is 0.0346. The maximum absolute atomic E-state index is 14.1. The van der Waals surface area contributed by atoms with Gasteiger partial charge in [0.15, 0.2) is 11.4 Å². The molecule has 94 valence electrons. The molecule has 0 aliphatic rings. The van der Waals surface area contributed by atoms with Gasteiger partial charge in [0.05, 0.1) is 0 Å². The van der Waals surface area contributed by atoms with Crippen LogP contribution in [0.1, 0.15) is 21.7 Å². The van der Waals surface area contributed by atoms with Crippen LogP contribution in [0.15, 0.2) is 28.7 Å². The Balaban J connectivity index is 2.50. The van der Waals surface area contributed by atoms with Crippen molar-refractivity contribution >= 4 is 21.9 Å². The molecule has 0 fully saturated rings. The van der Waals surface area contributed by atoms with Crippen LogP contribution in [0.3, 0.4) is 0 Å². The van der Waals surface area contributed by atoms with E-state index >= 15 is 0 Å². The molecule has 18 heavy (non-hydrogen) atoms. The molecule has 1 aromatic heterocycles. The van der Waals surface area contributed by atoms with Crippen molar-refractivity contribution in [3.63, 3.8) is 0 Å². The molecule has 0 aliphatic heterocycles. The predicted molar refractivity (Wildman–Crippen MR) is 60.5 cm³/mol. The van der Waals surface area contributed by atoms with Gasteiger partial charge < -0.3 is 5.11 Å². The lowest BCUT2D eigenvalue weighted by Gasteiger charge is -2.14. The first-order valence-electron chi connectivity index (χ1n) is 4.71. The number of carboxylic acids is 1. The highest BCUT2D eigenvalue weighted by molar-refractivity contribution is 9.10. The molecule has 2 aromatic rings. The molecule has 0 aliphatic carbocycles. The number of rotatable bonds is 3. The number of benzene rings is 1. The van der Waals surface area contributed by atoms with Crippen molar-refractivity contribution in [2.24, 2.45) is 0 Å². The molecule has 0 amide bonds. The number of H-pyrrole nitrogens is 1. The minimum Gasteiger partial charge on any atom is -0.476 e. The average Bonchev–Trinajstić information content (AvgIpc) is 2.79. The predicted octanol–water partition coefficient (Wildman–Crippen LogP) is 2.41. The third kappa shape index (κ3) is 2.10. The molecule has 0 unspecified atom stereocenters. The summed E-state index contributed by atoms with van der Waals surface area (Å²) in [5, 5.41) is 17.1. The summed E-state index contributed by atoms with van der Waals surface area (Å²) in [6, 6.07) is 5.24. The van der Waals surface area contributed by atoms with E-state index in [1.165, 1.54) is 24.3 Å². The molecule has 0 radical (unpaired) electrons. The van der Waals surface area contributed by atoms with E-state index in [1.54, 1.807) is 0 Å². The summed E-state index contributed by atoms with van der Waals surface area (Å²) in [4.78, 5) is 10.8. The molecule has 8 heteroatoms. The fraction of sp³-hybridized carbons (Fsp3) is 0.100. The number of aromatic nitrogens is 3. The molecule has 0 saturated heterocycles. The second kappa shape index (κ2) is 4.45. The van der Waals surface area contributed by atoms with Gasteiger partial charge in [0.2, 0.25) is 0 Å². The molecule has 0 saturated carbocycles. The molecule has 2 rings (SSSR count). The monoisotopic (exact) mass is 317 g/mol. The molecule has 0 bridgehead atoms.